The van der Waals surface area contributed by atoms with Crippen LogP contribution >= 0.6 is 0 Å². The van der Waals surface area contributed by atoms with Gasteiger partial charge >= 0.3 is 6.18 Å². The monoisotopic (exact) mass is 345 g/mol. The Morgan fingerprint density at radius 2 is 1.84 bits per heavy atom. The van der Waals surface area contributed by atoms with E-state index in [9.17, 15) is 18.0 Å². The normalized spacial score (nSPS) is 18.1. The molecule has 2 aromatic rings. The lowest BCUT2D eigenvalue weighted by atomic mass is 10.1. The number of aliphatic imine (C=N–C) groups is 1. The molecule has 0 radical (unpaired) electrons. The molecule has 0 aliphatic carbocycles. The Hall–Kier alpha value is -2.96. The van der Waals surface area contributed by atoms with Crippen molar-refractivity contribution in [3.05, 3.63) is 60.2 Å². The Morgan fingerprint density at radius 3 is 2.52 bits per heavy atom. The molecule has 0 spiro atoms. The zero-order valence-corrected chi connectivity index (χ0v) is 13.2. The molecule has 4 nitrogen and oxygen atoms in total. The standard InChI is InChI=1S/C18H14F3N3O/c1-12-16(17(25)24(23-12)15-8-3-2-4-9-15)11-22-14-7-5-6-13(10-14)18(19,20)21/h2-11,16H,1H3/t16-/m1/s1. The molecule has 0 unspecified atom stereocenters. The van der Waals surface area contributed by atoms with Crippen LogP contribution in [0.15, 0.2) is 64.7 Å². The van der Waals surface area contributed by atoms with Crippen LogP contribution < -0.4 is 5.01 Å². The molecule has 0 saturated carbocycles. The summed E-state index contributed by atoms with van der Waals surface area (Å²) >= 11 is 0. The Bertz CT molecular complexity index is 844. The van der Waals surface area contributed by atoms with Crippen LogP contribution in [0.3, 0.4) is 0 Å². The molecule has 1 aliphatic heterocycles. The molecule has 128 valence electrons. The fourth-order valence-electron chi connectivity index (χ4n) is 2.43. The first-order chi connectivity index (χ1) is 11.9. The van der Waals surface area contributed by atoms with E-state index in [4.69, 9.17) is 0 Å². The van der Waals surface area contributed by atoms with Crippen molar-refractivity contribution < 1.29 is 18.0 Å². The number of alkyl halides is 3. The number of anilines is 1. The summed E-state index contributed by atoms with van der Waals surface area (Å²) in [4.78, 5) is 16.5. The molecule has 1 aliphatic rings. The van der Waals surface area contributed by atoms with Crippen LogP contribution in [0.2, 0.25) is 0 Å². The second-order valence-corrected chi connectivity index (χ2v) is 5.53. The highest BCUT2D eigenvalue weighted by Crippen LogP contribution is 2.31. The number of hydrazone groups is 1. The van der Waals surface area contributed by atoms with Crippen molar-refractivity contribution in [2.75, 3.05) is 5.01 Å². The van der Waals surface area contributed by atoms with Crippen LogP contribution in [-0.2, 0) is 11.0 Å². The maximum atomic E-state index is 12.7. The van der Waals surface area contributed by atoms with Crippen LogP contribution in [0.25, 0.3) is 0 Å². The average Bonchev–Trinajstić information content (AvgIpc) is 2.88. The molecular formula is C18H14F3N3O. The van der Waals surface area contributed by atoms with E-state index in [-0.39, 0.29) is 11.6 Å². The van der Waals surface area contributed by atoms with Crippen molar-refractivity contribution in [1.29, 1.82) is 0 Å². The van der Waals surface area contributed by atoms with Gasteiger partial charge in [-0.25, -0.2) is 0 Å². The van der Waals surface area contributed by atoms with Gasteiger partial charge in [0, 0.05) is 6.21 Å². The number of carbonyl (C=O) groups is 1. The van der Waals surface area contributed by atoms with Crippen LogP contribution in [0, 0.1) is 5.92 Å². The highest BCUT2D eigenvalue weighted by atomic mass is 19.4. The summed E-state index contributed by atoms with van der Waals surface area (Å²) in [7, 11) is 0. The van der Waals surface area contributed by atoms with Crippen LogP contribution in [-0.4, -0.2) is 17.8 Å². The van der Waals surface area contributed by atoms with Gasteiger partial charge in [0.05, 0.1) is 22.6 Å². The Kier molecular flexibility index (Phi) is 4.39. The third kappa shape index (κ3) is 3.60. The van der Waals surface area contributed by atoms with E-state index in [1.54, 1.807) is 31.2 Å². The van der Waals surface area contributed by atoms with Gasteiger partial charge in [-0.3, -0.25) is 9.79 Å². The number of hydrogen-bond acceptors (Lipinski definition) is 3. The lowest BCUT2D eigenvalue weighted by Crippen LogP contribution is -2.27. The molecule has 0 saturated heterocycles. The number of amides is 1. The van der Waals surface area contributed by atoms with Gasteiger partial charge < -0.3 is 0 Å². The number of benzene rings is 2. The summed E-state index contributed by atoms with van der Waals surface area (Å²) in [5.74, 6) is -0.992. The summed E-state index contributed by atoms with van der Waals surface area (Å²) in [5, 5.41) is 5.50. The number of rotatable bonds is 3. The molecule has 0 aromatic heterocycles. The second-order valence-electron chi connectivity index (χ2n) is 5.53. The van der Waals surface area contributed by atoms with E-state index in [0.29, 0.717) is 11.4 Å². The van der Waals surface area contributed by atoms with Gasteiger partial charge in [-0.15, -0.1) is 0 Å². The fraction of sp³-hybridized carbons (Fsp3) is 0.167. The quantitative estimate of drug-likeness (QED) is 0.758. The van der Waals surface area contributed by atoms with Gasteiger partial charge in [0.2, 0.25) is 0 Å². The molecule has 0 N–H and O–H groups in total. The van der Waals surface area contributed by atoms with Crippen LogP contribution in [0.5, 0.6) is 0 Å². The highest BCUT2D eigenvalue weighted by molar-refractivity contribution is 6.23. The Balaban J connectivity index is 1.81. The topological polar surface area (TPSA) is 45.0 Å². The van der Waals surface area contributed by atoms with Crippen molar-refractivity contribution in [2.24, 2.45) is 16.0 Å². The summed E-state index contributed by atoms with van der Waals surface area (Å²) in [6.07, 6.45) is -3.10. The van der Waals surface area contributed by atoms with Gasteiger partial charge in [-0.05, 0) is 37.3 Å². The predicted octanol–water partition coefficient (Wildman–Crippen LogP) is 4.45. The summed E-state index contributed by atoms with van der Waals surface area (Å²) < 4.78 is 38.2. The van der Waals surface area contributed by atoms with Gasteiger partial charge in [0.15, 0.2) is 0 Å². The lowest BCUT2D eigenvalue weighted by Gasteiger charge is -2.12. The second kappa shape index (κ2) is 6.51. The van der Waals surface area contributed by atoms with Gasteiger partial charge in [-0.1, -0.05) is 24.3 Å². The minimum absolute atomic E-state index is 0.133. The number of para-hydroxylation sites is 1. The van der Waals surface area contributed by atoms with Gasteiger partial charge in [0.1, 0.15) is 5.92 Å². The fourth-order valence-corrected chi connectivity index (χ4v) is 2.43. The van der Waals surface area contributed by atoms with Crippen LogP contribution in [0.1, 0.15) is 12.5 Å². The maximum absolute atomic E-state index is 12.7. The van der Waals surface area contributed by atoms with Gasteiger partial charge in [0.25, 0.3) is 5.91 Å². The van der Waals surface area contributed by atoms with Crippen molar-refractivity contribution in [2.45, 2.75) is 13.1 Å². The number of hydrogen-bond donors (Lipinski definition) is 0. The Morgan fingerprint density at radius 1 is 1.12 bits per heavy atom. The molecule has 1 heterocycles. The summed E-state index contributed by atoms with van der Waals surface area (Å²) in [5.41, 5.74) is 0.510. The van der Waals surface area contributed by atoms with E-state index in [0.717, 1.165) is 12.1 Å². The average molecular weight is 345 g/mol. The first kappa shape index (κ1) is 16.9. The molecular weight excluding hydrogens is 331 g/mol. The minimum atomic E-state index is -4.43. The SMILES string of the molecule is CC1=NN(c2ccccc2)C(=O)[C@@H]1C=Nc1cccc(C(F)(F)F)c1. The van der Waals surface area contributed by atoms with E-state index >= 15 is 0 Å². The summed E-state index contributed by atoms with van der Waals surface area (Å²) in [6, 6.07) is 13.6. The molecule has 25 heavy (non-hydrogen) atoms. The molecule has 1 atom stereocenters. The maximum Gasteiger partial charge on any atom is 0.416 e. The van der Waals surface area contributed by atoms with Crippen molar-refractivity contribution in [1.82, 2.24) is 0 Å². The zero-order chi connectivity index (χ0) is 18.0. The first-order valence-corrected chi connectivity index (χ1v) is 7.52. The molecule has 0 fully saturated rings. The smallest absolute Gasteiger partial charge is 0.271 e. The van der Waals surface area contributed by atoms with Crippen LogP contribution in [0.4, 0.5) is 24.5 Å². The zero-order valence-electron chi connectivity index (χ0n) is 13.2. The van der Waals surface area contributed by atoms with Crippen molar-refractivity contribution in [3.63, 3.8) is 0 Å². The predicted molar refractivity (Wildman–Crippen MR) is 90.1 cm³/mol. The third-order valence-corrected chi connectivity index (χ3v) is 3.73. The lowest BCUT2D eigenvalue weighted by molar-refractivity contribution is -0.137. The minimum Gasteiger partial charge on any atom is -0.271 e. The largest absolute Gasteiger partial charge is 0.416 e. The number of halogens is 3. The van der Waals surface area contributed by atoms with E-state index in [1.165, 1.54) is 23.4 Å². The molecule has 3 rings (SSSR count). The summed E-state index contributed by atoms with van der Waals surface area (Å²) in [6.45, 7) is 1.68. The highest BCUT2D eigenvalue weighted by Gasteiger charge is 2.33. The molecule has 2 aromatic carbocycles. The number of nitrogens with zero attached hydrogens (tertiary/aromatic N) is 3. The Labute approximate surface area is 142 Å². The molecule has 1 amide bonds. The van der Waals surface area contributed by atoms with E-state index in [2.05, 4.69) is 10.1 Å². The van der Waals surface area contributed by atoms with E-state index in [1.807, 2.05) is 6.07 Å². The van der Waals surface area contributed by atoms with Gasteiger partial charge in [-0.2, -0.15) is 23.3 Å². The van der Waals surface area contributed by atoms with E-state index < -0.39 is 17.7 Å². The molecule has 7 heteroatoms. The van der Waals surface area contributed by atoms with Crippen molar-refractivity contribution in [3.8, 4) is 0 Å². The molecule has 0 bridgehead atoms. The number of carbonyl (C=O) groups excluding carboxylic acids is 1. The third-order valence-electron chi connectivity index (χ3n) is 3.73. The first-order valence-electron chi connectivity index (χ1n) is 7.52. The van der Waals surface area contributed by atoms with Crippen molar-refractivity contribution >= 4 is 29.2 Å².